The van der Waals surface area contributed by atoms with Crippen LogP contribution < -0.4 is 11.4 Å². The van der Waals surface area contributed by atoms with Crippen LogP contribution in [-0.2, 0) is 13.6 Å². The van der Waals surface area contributed by atoms with E-state index >= 15 is 0 Å². The molecular weight excluding hydrogens is 398 g/mol. The Hall–Kier alpha value is -2.37. The highest BCUT2D eigenvalue weighted by Gasteiger charge is 2.52. The van der Waals surface area contributed by atoms with Crippen LogP contribution in [0.3, 0.4) is 0 Å². The lowest BCUT2D eigenvalue weighted by atomic mass is 9.47. The summed E-state index contributed by atoms with van der Waals surface area (Å²) >= 11 is 0. The van der Waals surface area contributed by atoms with Gasteiger partial charge in [-0.3, -0.25) is 9.13 Å². The fourth-order valence-electron chi connectivity index (χ4n) is 6.57. The number of fused-ring (bicyclic) bond motifs is 2. The second-order valence-corrected chi connectivity index (χ2v) is 10.8. The molecule has 4 unspecified atom stereocenters. The average Bonchev–Trinajstić information content (AvgIpc) is 3.01. The van der Waals surface area contributed by atoms with E-state index in [1.807, 2.05) is 0 Å². The van der Waals surface area contributed by atoms with Gasteiger partial charge >= 0.3 is 5.69 Å². The van der Waals surface area contributed by atoms with Crippen LogP contribution in [-0.4, -0.2) is 19.1 Å². The predicted molar refractivity (Wildman–Crippen MR) is 131 cm³/mol. The summed E-state index contributed by atoms with van der Waals surface area (Å²) in [5.41, 5.74) is 10.8. The van der Waals surface area contributed by atoms with Crippen LogP contribution in [0.2, 0.25) is 0 Å². The summed E-state index contributed by atoms with van der Waals surface area (Å²) in [4.78, 5) is 21.1. The van der Waals surface area contributed by atoms with Gasteiger partial charge in [-0.25, -0.2) is 14.8 Å². The van der Waals surface area contributed by atoms with Crippen molar-refractivity contribution in [3.05, 3.63) is 40.1 Å². The van der Waals surface area contributed by atoms with Crippen molar-refractivity contribution in [1.82, 2.24) is 19.1 Å². The summed E-state index contributed by atoms with van der Waals surface area (Å²) in [6.45, 7) is 12.6. The first-order valence-corrected chi connectivity index (χ1v) is 12.1. The highest BCUT2D eigenvalue weighted by atomic mass is 16.1. The third kappa shape index (κ3) is 3.52. The normalized spacial score (nSPS) is 30.9. The molecule has 0 aromatic carbocycles. The molecule has 2 aliphatic carbocycles. The van der Waals surface area contributed by atoms with Gasteiger partial charge in [-0.2, -0.15) is 0 Å². The zero-order valence-electron chi connectivity index (χ0n) is 20.6. The third-order valence-electron chi connectivity index (χ3n) is 9.21. The zero-order valence-corrected chi connectivity index (χ0v) is 20.6. The van der Waals surface area contributed by atoms with Gasteiger partial charge in [0.2, 0.25) is 0 Å². The minimum absolute atomic E-state index is 0.107. The minimum Gasteiger partial charge on any atom is -0.382 e. The summed E-state index contributed by atoms with van der Waals surface area (Å²) in [6.07, 6.45) is 13.5. The molecular formula is C26H39N5O. The molecule has 1 fully saturated rings. The summed E-state index contributed by atoms with van der Waals surface area (Å²) in [5, 5.41) is 0. The number of nitrogen functional groups attached to an aromatic ring is 1. The van der Waals surface area contributed by atoms with E-state index in [1.54, 1.807) is 21.8 Å². The van der Waals surface area contributed by atoms with E-state index in [-0.39, 0.29) is 5.69 Å². The zero-order chi connectivity index (χ0) is 23.3. The fraction of sp³-hybridized carbons (Fsp3) is 0.654. The molecule has 0 radical (unpaired) electrons. The first-order valence-electron chi connectivity index (χ1n) is 12.1. The van der Waals surface area contributed by atoms with Gasteiger partial charge in [0.1, 0.15) is 11.8 Å². The number of nitrogens with two attached hydrogens (primary N) is 1. The van der Waals surface area contributed by atoms with E-state index in [0.717, 1.165) is 18.3 Å². The van der Waals surface area contributed by atoms with E-state index in [0.29, 0.717) is 34.4 Å². The maximum Gasteiger partial charge on any atom is 0.330 e. The van der Waals surface area contributed by atoms with Crippen LogP contribution in [0, 0.1) is 22.7 Å². The molecule has 6 heteroatoms. The first kappa shape index (κ1) is 22.8. The number of anilines is 1. The van der Waals surface area contributed by atoms with Crippen LogP contribution in [0.5, 0.6) is 0 Å². The average molecular weight is 438 g/mol. The predicted octanol–water partition coefficient (Wildman–Crippen LogP) is 5.24. The summed E-state index contributed by atoms with van der Waals surface area (Å²) < 4.78 is 3.23. The molecule has 32 heavy (non-hydrogen) atoms. The van der Waals surface area contributed by atoms with Crippen molar-refractivity contribution in [3.8, 4) is 0 Å². The van der Waals surface area contributed by atoms with Crippen molar-refractivity contribution in [3.63, 3.8) is 0 Å². The highest BCUT2D eigenvalue weighted by Crippen LogP contribution is 2.61. The van der Waals surface area contributed by atoms with Crippen LogP contribution >= 0.6 is 0 Å². The van der Waals surface area contributed by atoms with Gasteiger partial charge in [0.05, 0.1) is 0 Å². The number of nitrogens with zero attached hydrogens (tertiary/aromatic N) is 4. The molecule has 2 aromatic rings. The molecule has 0 amide bonds. The molecule has 1 saturated carbocycles. The molecule has 0 spiro atoms. The third-order valence-corrected chi connectivity index (χ3v) is 9.21. The Kier molecular flexibility index (Phi) is 5.84. The molecule has 0 aliphatic heterocycles. The lowest BCUT2D eigenvalue weighted by Gasteiger charge is -2.58. The van der Waals surface area contributed by atoms with Crippen molar-refractivity contribution in [2.45, 2.75) is 79.7 Å². The van der Waals surface area contributed by atoms with Crippen LogP contribution in [0.25, 0.3) is 11.2 Å². The largest absolute Gasteiger partial charge is 0.382 e. The topological polar surface area (TPSA) is 78.7 Å². The highest BCUT2D eigenvalue weighted by molar-refractivity contribution is 5.82. The van der Waals surface area contributed by atoms with E-state index in [4.69, 9.17) is 5.73 Å². The molecule has 4 rings (SSSR count). The van der Waals surface area contributed by atoms with Gasteiger partial charge in [0.15, 0.2) is 11.5 Å². The minimum atomic E-state index is -0.107. The van der Waals surface area contributed by atoms with Gasteiger partial charge in [-0.1, -0.05) is 44.1 Å². The molecule has 2 N–H and O–H groups in total. The van der Waals surface area contributed by atoms with Crippen molar-refractivity contribution < 1.29 is 0 Å². The van der Waals surface area contributed by atoms with Crippen molar-refractivity contribution in [2.24, 2.45) is 29.7 Å². The Bertz CT molecular complexity index is 1140. The van der Waals surface area contributed by atoms with Crippen LogP contribution in [0.4, 0.5) is 5.82 Å². The van der Waals surface area contributed by atoms with E-state index in [2.05, 4.69) is 56.7 Å². The molecule has 2 aromatic heterocycles. The SMILES string of the molecule is CC(=CCn1c(=O)n(C)c2ncnc(N)c21)CCC1(C)C(C)CCC2(C)C(C)=CCCC21. The van der Waals surface area contributed by atoms with E-state index in [1.165, 1.54) is 44.0 Å². The maximum atomic E-state index is 12.7. The molecule has 2 aliphatic rings. The van der Waals surface area contributed by atoms with Gasteiger partial charge in [-0.05, 0) is 75.0 Å². The number of allylic oxidation sites excluding steroid dienone is 4. The van der Waals surface area contributed by atoms with Gasteiger partial charge in [-0.15, -0.1) is 0 Å². The molecule has 4 atom stereocenters. The molecule has 0 saturated heterocycles. The number of hydrogen-bond donors (Lipinski definition) is 1. The van der Waals surface area contributed by atoms with Gasteiger partial charge in [0.25, 0.3) is 0 Å². The lowest BCUT2D eigenvalue weighted by Crippen LogP contribution is -2.49. The lowest BCUT2D eigenvalue weighted by molar-refractivity contribution is -0.0466. The number of aryl methyl sites for hydroxylation is 1. The van der Waals surface area contributed by atoms with Crippen LogP contribution in [0.1, 0.15) is 73.1 Å². The summed E-state index contributed by atoms with van der Waals surface area (Å²) in [6, 6.07) is 0. The van der Waals surface area contributed by atoms with E-state index < -0.39 is 0 Å². The van der Waals surface area contributed by atoms with Crippen molar-refractivity contribution in [2.75, 3.05) is 5.73 Å². The quantitative estimate of drug-likeness (QED) is 0.649. The molecule has 0 bridgehead atoms. The monoisotopic (exact) mass is 437 g/mol. The number of aromatic nitrogens is 4. The summed E-state index contributed by atoms with van der Waals surface area (Å²) in [5.74, 6) is 1.83. The van der Waals surface area contributed by atoms with Crippen molar-refractivity contribution in [1.29, 1.82) is 0 Å². The molecule has 6 nitrogen and oxygen atoms in total. The Morgan fingerprint density at radius 2 is 2.06 bits per heavy atom. The number of rotatable bonds is 5. The number of hydrogen-bond acceptors (Lipinski definition) is 4. The van der Waals surface area contributed by atoms with E-state index in [9.17, 15) is 4.79 Å². The second-order valence-electron chi connectivity index (χ2n) is 10.8. The van der Waals surface area contributed by atoms with Gasteiger partial charge < -0.3 is 5.73 Å². The molecule has 2 heterocycles. The Balaban J connectivity index is 1.53. The maximum absolute atomic E-state index is 12.7. The Morgan fingerprint density at radius 3 is 2.81 bits per heavy atom. The smallest absolute Gasteiger partial charge is 0.330 e. The number of imidazole rings is 1. The van der Waals surface area contributed by atoms with Gasteiger partial charge in [0, 0.05) is 13.6 Å². The molecule has 174 valence electrons. The van der Waals surface area contributed by atoms with Crippen molar-refractivity contribution >= 4 is 17.0 Å². The second kappa shape index (κ2) is 8.20. The standard InChI is InChI=1S/C26H39N5O/c1-17(12-15-31-21-22(27)28-16-29-23(21)30(6)24(31)32)10-13-25(4)19(3)11-14-26(5)18(2)8-7-9-20(25)26/h8,12,16,19-20H,7,9-11,13-15H2,1-6H3,(H2,27,28,29). The van der Waals surface area contributed by atoms with Crippen LogP contribution in [0.15, 0.2) is 34.4 Å². The first-order chi connectivity index (χ1) is 15.1. The Morgan fingerprint density at radius 1 is 1.31 bits per heavy atom. The Labute approximate surface area is 191 Å². The fourth-order valence-corrected chi connectivity index (χ4v) is 6.57. The summed E-state index contributed by atoms with van der Waals surface area (Å²) in [7, 11) is 1.73.